The summed E-state index contributed by atoms with van der Waals surface area (Å²) in [6.45, 7) is 3.01. The molecule has 1 saturated heterocycles. The quantitative estimate of drug-likeness (QED) is 0.899. The number of nitrogens with two attached hydrogens (primary N) is 1. The molecule has 5 nitrogen and oxygen atoms in total. The topological polar surface area (TPSA) is 58.3 Å². The summed E-state index contributed by atoms with van der Waals surface area (Å²) in [5.74, 6) is 0.497. The Bertz CT molecular complexity index is 578. The van der Waals surface area contributed by atoms with Gasteiger partial charge in [0.05, 0.1) is 23.8 Å². The van der Waals surface area contributed by atoms with Crippen LogP contribution in [0.1, 0.15) is 0 Å². The molecule has 0 aliphatic carbocycles. The number of anilines is 3. The van der Waals surface area contributed by atoms with Crippen LogP contribution < -0.4 is 15.5 Å². The van der Waals surface area contributed by atoms with E-state index < -0.39 is 0 Å². The minimum Gasteiger partial charge on any atom is -0.396 e. The first kappa shape index (κ1) is 12.7. The summed E-state index contributed by atoms with van der Waals surface area (Å²) in [6, 6.07) is 6.86. The van der Waals surface area contributed by atoms with Crippen LogP contribution in [-0.4, -0.2) is 36.1 Å². The van der Waals surface area contributed by atoms with Crippen molar-refractivity contribution in [1.82, 2.24) is 9.97 Å². The normalized spacial score (nSPS) is 15.4. The zero-order chi connectivity index (χ0) is 13.9. The highest BCUT2D eigenvalue weighted by Crippen LogP contribution is 2.21. The Morgan fingerprint density at radius 1 is 0.950 bits per heavy atom. The van der Waals surface area contributed by atoms with Gasteiger partial charge in [-0.1, -0.05) is 12.1 Å². The fourth-order valence-corrected chi connectivity index (χ4v) is 2.35. The molecule has 1 aromatic carbocycles. The maximum absolute atomic E-state index is 13.7. The van der Waals surface area contributed by atoms with Crippen molar-refractivity contribution in [3.8, 4) is 0 Å². The Kier molecular flexibility index (Phi) is 3.37. The second-order valence-corrected chi connectivity index (χ2v) is 4.74. The molecule has 0 amide bonds. The maximum Gasteiger partial charge on any atom is 0.225 e. The Hall–Kier alpha value is -2.37. The molecule has 0 unspecified atom stereocenters. The van der Waals surface area contributed by atoms with Crippen LogP contribution in [0.2, 0.25) is 0 Å². The van der Waals surface area contributed by atoms with Gasteiger partial charge in [0.1, 0.15) is 5.82 Å². The van der Waals surface area contributed by atoms with E-state index in [9.17, 15) is 4.39 Å². The predicted molar refractivity (Wildman–Crippen MR) is 77.3 cm³/mol. The van der Waals surface area contributed by atoms with Crippen molar-refractivity contribution in [2.24, 2.45) is 0 Å². The Morgan fingerprint density at radius 3 is 2.20 bits per heavy atom. The van der Waals surface area contributed by atoms with Crippen molar-refractivity contribution in [3.05, 3.63) is 42.5 Å². The van der Waals surface area contributed by atoms with E-state index in [0.29, 0.717) is 17.3 Å². The van der Waals surface area contributed by atoms with Crippen molar-refractivity contribution < 1.29 is 4.39 Å². The van der Waals surface area contributed by atoms with Gasteiger partial charge in [-0.25, -0.2) is 14.4 Å². The first-order valence-corrected chi connectivity index (χ1v) is 6.56. The number of hydrogen-bond acceptors (Lipinski definition) is 5. The first-order chi connectivity index (χ1) is 9.74. The van der Waals surface area contributed by atoms with E-state index in [1.54, 1.807) is 18.5 Å². The molecule has 0 radical (unpaired) electrons. The van der Waals surface area contributed by atoms with E-state index in [4.69, 9.17) is 5.73 Å². The minimum atomic E-state index is -0.176. The number of nitrogen functional groups attached to an aromatic ring is 1. The smallest absolute Gasteiger partial charge is 0.225 e. The summed E-state index contributed by atoms with van der Waals surface area (Å²) < 4.78 is 13.7. The molecule has 2 N–H and O–H groups in total. The zero-order valence-electron chi connectivity index (χ0n) is 11.0. The number of aromatic nitrogens is 2. The van der Waals surface area contributed by atoms with Crippen molar-refractivity contribution in [1.29, 1.82) is 0 Å². The Labute approximate surface area is 116 Å². The zero-order valence-corrected chi connectivity index (χ0v) is 11.0. The highest BCUT2D eigenvalue weighted by Gasteiger charge is 2.20. The lowest BCUT2D eigenvalue weighted by atomic mass is 10.2. The minimum absolute atomic E-state index is 0.176. The van der Waals surface area contributed by atoms with Gasteiger partial charge in [-0.2, -0.15) is 0 Å². The van der Waals surface area contributed by atoms with Crippen LogP contribution in [0.3, 0.4) is 0 Å². The number of para-hydroxylation sites is 1. The molecule has 2 heterocycles. The van der Waals surface area contributed by atoms with Gasteiger partial charge in [0.15, 0.2) is 0 Å². The fourth-order valence-electron chi connectivity index (χ4n) is 2.35. The number of rotatable bonds is 2. The second-order valence-electron chi connectivity index (χ2n) is 4.74. The van der Waals surface area contributed by atoms with Gasteiger partial charge in [-0.3, -0.25) is 0 Å². The van der Waals surface area contributed by atoms with Crippen LogP contribution in [-0.2, 0) is 0 Å². The SMILES string of the molecule is Nc1cnc(N2CCN(c3ccccc3F)CC2)nc1. The number of piperazine rings is 1. The molecule has 6 heteroatoms. The first-order valence-electron chi connectivity index (χ1n) is 6.56. The average molecular weight is 273 g/mol. The fraction of sp³-hybridized carbons (Fsp3) is 0.286. The van der Waals surface area contributed by atoms with Crippen molar-refractivity contribution in [2.45, 2.75) is 0 Å². The summed E-state index contributed by atoms with van der Waals surface area (Å²) in [5, 5.41) is 0. The molecule has 1 aliphatic rings. The van der Waals surface area contributed by atoms with E-state index in [2.05, 4.69) is 14.9 Å². The monoisotopic (exact) mass is 273 g/mol. The number of hydrogen-bond donors (Lipinski definition) is 1. The van der Waals surface area contributed by atoms with Crippen LogP contribution in [0.15, 0.2) is 36.7 Å². The van der Waals surface area contributed by atoms with Crippen LogP contribution >= 0.6 is 0 Å². The van der Waals surface area contributed by atoms with Crippen LogP contribution in [0.4, 0.5) is 21.7 Å². The molecule has 104 valence electrons. The third-order valence-electron chi connectivity index (χ3n) is 3.41. The van der Waals surface area contributed by atoms with E-state index in [0.717, 1.165) is 26.2 Å². The summed E-state index contributed by atoms with van der Waals surface area (Å²) in [6.07, 6.45) is 3.21. The molecule has 1 aromatic heterocycles. The maximum atomic E-state index is 13.7. The molecule has 0 bridgehead atoms. The molecular weight excluding hydrogens is 257 g/mol. The third kappa shape index (κ3) is 2.49. The Balaban J connectivity index is 1.68. The molecular formula is C14H16FN5. The molecule has 0 spiro atoms. The van der Waals surface area contributed by atoms with Gasteiger partial charge in [-0.05, 0) is 12.1 Å². The van der Waals surface area contributed by atoms with E-state index >= 15 is 0 Å². The third-order valence-corrected chi connectivity index (χ3v) is 3.41. The Morgan fingerprint density at radius 2 is 1.55 bits per heavy atom. The molecule has 3 rings (SSSR count). The molecule has 1 aliphatic heterocycles. The molecule has 20 heavy (non-hydrogen) atoms. The largest absolute Gasteiger partial charge is 0.396 e. The predicted octanol–water partition coefficient (Wildman–Crippen LogP) is 1.52. The highest BCUT2D eigenvalue weighted by atomic mass is 19.1. The van der Waals surface area contributed by atoms with Gasteiger partial charge in [0.25, 0.3) is 0 Å². The summed E-state index contributed by atoms with van der Waals surface area (Å²) in [5.41, 5.74) is 6.79. The van der Waals surface area contributed by atoms with Gasteiger partial charge in [0, 0.05) is 26.2 Å². The molecule has 1 fully saturated rings. The van der Waals surface area contributed by atoms with E-state index in [-0.39, 0.29) is 5.82 Å². The van der Waals surface area contributed by atoms with Crippen LogP contribution in [0.25, 0.3) is 0 Å². The molecule has 2 aromatic rings. The van der Waals surface area contributed by atoms with Crippen molar-refractivity contribution >= 4 is 17.3 Å². The summed E-state index contributed by atoms with van der Waals surface area (Å²) in [4.78, 5) is 12.6. The molecule has 0 saturated carbocycles. The van der Waals surface area contributed by atoms with Gasteiger partial charge >= 0.3 is 0 Å². The summed E-state index contributed by atoms with van der Waals surface area (Å²) >= 11 is 0. The van der Waals surface area contributed by atoms with E-state index in [1.165, 1.54) is 6.07 Å². The van der Waals surface area contributed by atoms with Gasteiger partial charge in [0.2, 0.25) is 5.95 Å². The summed E-state index contributed by atoms with van der Waals surface area (Å²) in [7, 11) is 0. The second kappa shape index (κ2) is 5.32. The van der Waals surface area contributed by atoms with Crippen LogP contribution in [0, 0.1) is 5.82 Å². The lowest BCUT2D eigenvalue weighted by molar-refractivity contribution is 0.594. The van der Waals surface area contributed by atoms with Crippen molar-refractivity contribution in [3.63, 3.8) is 0 Å². The van der Waals surface area contributed by atoms with Crippen molar-refractivity contribution in [2.75, 3.05) is 41.7 Å². The lowest BCUT2D eigenvalue weighted by Gasteiger charge is -2.36. The highest BCUT2D eigenvalue weighted by molar-refractivity contribution is 5.49. The standard InChI is InChI=1S/C14H16FN5/c15-12-3-1-2-4-13(12)19-5-7-20(8-6-19)14-17-9-11(16)10-18-14/h1-4,9-10H,5-8,16H2. The van der Waals surface area contributed by atoms with Crippen LogP contribution in [0.5, 0.6) is 0 Å². The number of halogens is 1. The average Bonchev–Trinajstić information content (AvgIpc) is 2.49. The van der Waals surface area contributed by atoms with Gasteiger partial charge in [-0.15, -0.1) is 0 Å². The number of nitrogens with zero attached hydrogens (tertiary/aromatic N) is 4. The molecule has 0 atom stereocenters. The van der Waals surface area contributed by atoms with Gasteiger partial charge < -0.3 is 15.5 Å². The number of benzene rings is 1. The lowest BCUT2D eigenvalue weighted by Crippen LogP contribution is -2.47. The van der Waals surface area contributed by atoms with E-state index in [1.807, 2.05) is 17.0 Å².